The minimum absolute atomic E-state index is 0.0358. The molecule has 2 N–H and O–H groups in total. The summed E-state index contributed by atoms with van der Waals surface area (Å²) < 4.78 is 0. The van der Waals surface area contributed by atoms with Gasteiger partial charge in [0.15, 0.2) is 0 Å². The van der Waals surface area contributed by atoms with Crippen molar-refractivity contribution in [2.45, 2.75) is 19.0 Å². The van der Waals surface area contributed by atoms with Crippen molar-refractivity contribution in [3.8, 4) is 0 Å². The lowest BCUT2D eigenvalue weighted by molar-refractivity contribution is -0.117. The van der Waals surface area contributed by atoms with Gasteiger partial charge in [-0.3, -0.25) is 4.79 Å². The number of hydrogen-bond donors (Lipinski definition) is 1. The number of anilines is 1. The Kier molecular flexibility index (Phi) is 2.25. The van der Waals surface area contributed by atoms with E-state index < -0.39 is 5.66 Å². The van der Waals surface area contributed by atoms with Crippen LogP contribution in [0.1, 0.15) is 13.3 Å². The van der Waals surface area contributed by atoms with E-state index in [-0.39, 0.29) is 5.91 Å². The van der Waals surface area contributed by atoms with Crippen molar-refractivity contribution in [3.05, 3.63) is 30.3 Å². The first-order valence-electron chi connectivity index (χ1n) is 4.93. The highest BCUT2D eigenvalue weighted by atomic mass is 16.2. The second-order valence-electron chi connectivity index (χ2n) is 4.10. The van der Waals surface area contributed by atoms with E-state index in [0.29, 0.717) is 6.42 Å². The highest BCUT2D eigenvalue weighted by molar-refractivity contribution is 5.95. The molecular formula is C11H15N3O. The molecule has 2 rings (SSSR count). The molecule has 4 nitrogen and oxygen atoms in total. The molecule has 0 spiro atoms. The summed E-state index contributed by atoms with van der Waals surface area (Å²) in [6, 6.07) is 9.53. The molecule has 1 heterocycles. The fourth-order valence-corrected chi connectivity index (χ4v) is 1.78. The molecule has 1 aliphatic rings. The zero-order chi connectivity index (χ0) is 11.1. The van der Waals surface area contributed by atoms with Gasteiger partial charge in [0.2, 0.25) is 5.91 Å². The molecular weight excluding hydrogens is 190 g/mol. The minimum Gasteiger partial charge on any atom is -0.312 e. The molecule has 15 heavy (non-hydrogen) atoms. The number of para-hydroxylation sites is 1. The number of amides is 1. The number of hydrazine groups is 1. The topological polar surface area (TPSA) is 49.6 Å². The van der Waals surface area contributed by atoms with Crippen molar-refractivity contribution in [1.29, 1.82) is 0 Å². The number of hydrogen-bond acceptors (Lipinski definition) is 3. The van der Waals surface area contributed by atoms with Crippen LogP contribution < -0.4 is 10.7 Å². The predicted molar refractivity (Wildman–Crippen MR) is 58.9 cm³/mol. The van der Waals surface area contributed by atoms with Gasteiger partial charge in [-0.1, -0.05) is 18.2 Å². The lowest BCUT2D eigenvalue weighted by Gasteiger charge is -2.32. The van der Waals surface area contributed by atoms with Crippen LogP contribution >= 0.6 is 0 Å². The van der Waals surface area contributed by atoms with E-state index in [1.165, 1.54) is 0 Å². The second kappa shape index (κ2) is 3.32. The van der Waals surface area contributed by atoms with Crippen LogP contribution in [0, 0.1) is 0 Å². The Hall–Kier alpha value is -1.39. The first-order valence-corrected chi connectivity index (χ1v) is 4.93. The van der Waals surface area contributed by atoms with Crippen molar-refractivity contribution >= 4 is 11.6 Å². The lowest BCUT2D eigenvalue weighted by atomic mass is 10.1. The molecule has 4 heteroatoms. The molecule has 0 radical (unpaired) electrons. The molecule has 0 aromatic heterocycles. The maximum atomic E-state index is 11.8. The van der Waals surface area contributed by atoms with E-state index in [1.54, 1.807) is 10.0 Å². The van der Waals surface area contributed by atoms with Gasteiger partial charge in [-0.25, -0.2) is 5.01 Å². The molecule has 1 amide bonds. The Balaban J connectivity index is 2.35. The van der Waals surface area contributed by atoms with Crippen molar-refractivity contribution in [3.63, 3.8) is 0 Å². The summed E-state index contributed by atoms with van der Waals surface area (Å²) in [6.07, 6.45) is 0.346. The molecule has 1 aromatic carbocycles. The van der Waals surface area contributed by atoms with Gasteiger partial charge in [0.25, 0.3) is 0 Å². The van der Waals surface area contributed by atoms with Crippen LogP contribution in [-0.4, -0.2) is 23.6 Å². The fraction of sp³-hybridized carbons (Fsp3) is 0.364. The summed E-state index contributed by atoms with van der Waals surface area (Å²) in [5, 5.41) is 3.41. The van der Waals surface area contributed by atoms with E-state index in [2.05, 4.69) is 0 Å². The zero-order valence-corrected chi connectivity index (χ0v) is 8.97. The highest BCUT2D eigenvalue weighted by Crippen LogP contribution is 2.28. The Morgan fingerprint density at radius 1 is 1.33 bits per heavy atom. The molecule has 1 aromatic rings. The first kappa shape index (κ1) is 10.1. The molecule has 0 saturated carbocycles. The Morgan fingerprint density at radius 2 is 1.93 bits per heavy atom. The third kappa shape index (κ3) is 1.62. The molecule has 1 aliphatic heterocycles. The first-order chi connectivity index (χ1) is 7.02. The van der Waals surface area contributed by atoms with Gasteiger partial charge in [0.1, 0.15) is 0 Å². The van der Waals surface area contributed by atoms with Crippen molar-refractivity contribution in [2.24, 2.45) is 5.73 Å². The van der Waals surface area contributed by atoms with Crippen LogP contribution in [0.25, 0.3) is 0 Å². The average Bonchev–Trinajstić information content (AvgIpc) is 2.38. The van der Waals surface area contributed by atoms with E-state index >= 15 is 0 Å². The molecule has 0 aliphatic carbocycles. The summed E-state index contributed by atoms with van der Waals surface area (Å²) in [7, 11) is 1.83. The van der Waals surface area contributed by atoms with E-state index in [9.17, 15) is 4.79 Å². The normalized spacial score (nSPS) is 27.4. The summed E-state index contributed by atoms with van der Waals surface area (Å²) >= 11 is 0. The Morgan fingerprint density at radius 3 is 2.40 bits per heavy atom. The van der Waals surface area contributed by atoms with E-state index in [1.807, 2.05) is 44.3 Å². The maximum Gasteiger partial charge on any atom is 0.244 e. The number of nitrogens with two attached hydrogens (primary N) is 1. The van der Waals surface area contributed by atoms with Crippen LogP contribution in [0.15, 0.2) is 30.3 Å². The standard InChI is InChI=1S/C11H15N3O/c1-11(12)8-10(15)14(13(11)2)9-6-4-3-5-7-9/h3-7H,8,12H2,1-2H3. The smallest absolute Gasteiger partial charge is 0.244 e. The SMILES string of the molecule is CN1N(c2ccccc2)C(=O)CC1(C)N. The van der Waals surface area contributed by atoms with Gasteiger partial charge in [-0.15, -0.1) is 0 Å². The fourth-order valence-electron chi connectivity index (χ4n) is 1.78. The summed E-state index contributed by atoms with van der Waals surface area (Å²) in [4.78, 5) is 11.8. The number of nitrogens with zero attached hydrogens (tertiary/aromatic N) is 2. The largest absolute Gasteiger partial charge is 0.312 e. The average molecular weight is 205 g/mol. The predicted octanol–water partition coefficient (Wildman–Crippen LogP) is 0.945. The summed E-state index contributed by atoms with van der Waals surface area (Å²) in [6.45, 7) is 1.86. The van der Waals surface area contributed by atoms with Crippen LogP contribution in [-0.2, 0) is 4.79 Å². The molecule has 1 atom stereocenters. The molecule has 0 bridgehead atoms. The minimum atomic E-state index is -0.590. The van der Waals surface area contributed by atoms with Crippen LogP contribution in [0.3, 0.4) is 0 Å². The highest BCUT2D eigenvalue weighted by Gasteiger charge is 2.42. The molecule has 80 valence electrons. The van der Waals surface area contributed by atoms with Gasteiger partial charge in [0.05, 0.1) is 17.8 Å². The maximum absolute atomic E-state index is 11.8. The summed E-state index contributed by atoms with van der Waals surface area (Å²) in [5.41, 5.74) is 6.27. The van der Waals surface area contributed by atoms with Crippen LogP contribution in [0.4, 0.5) is 5.69 Å². The molecule has 1 unspecified atom stereocenters. The third-order valence-corrected chi connectivity index (χ3v) is 2.79. The zero-order valence-electron chi connectivity index (χ0n) is 8.97. The lowest BCUT2D eigenvalue weighted by Crippen LogP contribution is -2.51. The van der Waals surface area contributed by atoms with Gasteiger partial charge in [-0.05, 0) is 19.1 Å². The van der Waals surface area contributed by atoms with Gasteiger partial charge < -0.3 is 5.73 Å². The van der Waals surface area contributed by atoms with E-state index in [4.69, 9.17) is 5.73 Å². The Bertz CT molecular complexity index is 375. The van der Waals surface area contributed by atoms with Crippen LogP contribution in [0.2, 0.25) is 0 Å². The number of benzene rings is 1. The van der Waals surface area contributed by atoms with Gasteiger partial charge in [-0.2, -0.15) is 5.01 Å². The number of rotatable bonds is 1. The molecule has 1 fully saturated rings. The number of carbonyl (C=O) groups excluding carboxylic acids is 1. The van der Waals surface area contributed by atoms with Crippen LogP contribution in [0.5, 0.6) is 0 Å². The van der Waals surface area contributed by atoms with E-state index in [0.717, 1.165) is 5.69 Å². The van der Waals surface area contributed by atoms with Gasteiger partial charge in [0, 0.05) is 7.05 Å². The summed E-state index contributed by atoms with van der Waals surface area (Å²) in [5.74, 6) is 0.0358. The van der Waals surface area contributed by atoms with Crippen molar-refractivity contribution < 1.29 is 4.79 Å². The van der Waals surface area contributed by atoms with Crippen molar-refractivity contribution in [1.82, 2.24) is 5.01 Å². The van der Waals surface area contributed by atoms with Gasteiger partial charge >= 0.3 is 0 Å². The quantitative estimate of drug-likeness (QED) is 0.742. The monoisotopic (exact) mass is 205 g/mol. The molecule has 1 saturated heterocycles. The third-order valence-electron chi connectivity index (χ3n) is 2.79. The second-order valence-corrected chi connectivity index (χ2v) is 4.10. The van der Waals surface area contributed by atoms with Crippen molar-refractivity contribution in [2.75, 3.05) is 12.1 Å². The number of carbonyl (C=O) groups is 1. The Labute approximate surface area is 89.2 Å².